The molecule has 0 amide bonds. The average molecular weight is 515 g/mol. The Balaban J connectivity index is 1.96. The number of methoxy groups -OCH3 is 2. The van der Waals surface area contributed by atoms with Crippen molar-refractivity contribution in [3.05, 3.63) is 64.5 Å². The quantitative estimate of drug-likeness (QED) is 0.226. The number of halogens is 3. The SMILES string of the molecule is COc1ccc(CNS(=O)(=O)c2cc([N+](=O)[O-])ccc2-n2cc(NC(F)C(F)F)cn2)c(OC)c1. The number of hydrogen-bond donors (Lipinski definition) is 2. The molecule has 15 heteroatoms. The first-order valence-electron chi connectivity index (χ1n) is 9.78. The Kier molecular flexibility index (Phi) is 7.81. The summed E-state index contributed by atoms with van der Waals surface area (Å²) in [4.78, 5) is 9.97. The van der Waals surface area contributed by atoms with Gasteiger partial charge in [-0.25, -0.2) is 31.0 Å². The van der Waals surface area contributed by atoms with Crippen LogP contribution in [0.1, 0.15) is 5.56 Å². The Bertz CT molecular complexity index is 1320. The number of nitro groups is 1. The number of benzene rings is 2. The van der Waals surface area contributed by atoms with E-state index in [0.717, 1.165) is 35.3 Å². The molecule has 0 aliphatic carbocycles. The van der Waals surface area contributed by atoms with Crippen LogP contribution in [0.2, 0.25) is 0 Å². The number of sulfonamides is 1. The normalized spacial score (nSPS) is 12.4. The van der Waals surface area contributed by atoms with E-state index in [-0.39, 0.29) is 17.9 Å². The fraction of sp³-hybridized carbons (Fsp3) is 0.250. The zero-order valence-corrected chi connectivity index (χ0v) is 19.1. The van der Waals surface area contributed by atoms with Gasteiger partial charge in [0.05, 0.1) is 42.9 Å². The minimum Gasteiger partial charge on any atom is -0.497 e. The molecule has 2 aromatic carbocycles. The van der Waals surface area contributed by atoms with Crippen molar-refractivity contribution in [3.63, 3.8) is 0 Å². The molecule has 0 aliphatic rings. The first kappa shape index (κ1) is 25.8. The van der Waals surface area contributed by atoms with Crippen LogP contribution in [-0.4, -0.2) is 50.1 Å². The summed E-state index contributed by atoms with van der Waals surface area (Å²) in [5, 5.41) is 17.0. The van der Waals surface area contributed by atoms with Crippen molar-refractivity contribution >= 4 is 21.4 Å². The van der Waals surface area contributed by atoms with Gasteiger partial charge < -0.3 is 14.8 Å². The Morgan fingerprint density at radius 2 is 1.89 bits per heavy atom. The number of non-ortho nitro benzene ring substituents is 1. The van der Waals surface area contributed by atoms with Crippen LogP contribution in [0, 0.1) is 10.1 Å². The highest BCUT2D eigenvalue weighted by Crippen LogP contribution is 2.28. The summed E-state index contributed by atoms with van der Waals surface area (Å²) in [6, 6.07) is 7.73. The molecule has 1 heterocycles. The van der Waals surface area contributed by atoms with Gasteiger partial charge in [0.25, 0.3) is 12.1 Å². The standard InChI is InChI=1S/C20H20F3N5O6S/c1-33-15-5-3-12(17(8-15)34-2)9-25-35(31,32)18-7-14(28(29)30)4-6-16(18)27-11-13(10-24-27)26-20(23)19(21)22/h3-8,10-11,19-20,25-26H,9H2,1-2H3. The molecule has 188 valence electrons. The minimum absolute atomic E-state index is 0.134. The number of ether oxygens (including phenoxy) is 2. The lowest BCUT2D eigenvalue weighted by Crippen LogP contribution is -2.25. The van der Waals surface area contributed by atoms with Gasteiger partial charge in [-0.3, -0.25) is 10.1 Å². The fourth-order valence-electron chi connectivity index (χ4n) is 3.02. The highest BCUT2D eigenvalue weighted by molar-refractivity contribution is 7.89. The Hall–Kier alpha value is -3.85. The summed E-state index contributed by atoms with van der Waals surface area (Å²) in [5.74, 6) is 0.828. The van der Waals surface area contributed by atoms with Crippen molar-refractivity contribution in [3.8, 4) is 17.2 Å². The first-order chi connectivity index (χ1) is 16.6. The van der Waals surface area contributed by atoms with Crippen LogP contribution < -0.4 is 19.5 Å². The lowest BCUT2D eigenvalue weighted by Gasteiger charge is -2.14. The summed E-state index contributed by atoms with van der Waals surface area (Å²) >= 11 is 0. The molecular weight excluding hydrogens is 495 g/mol. The number of aromatic nitrogens is 2. The number of hydrogen-bond acceptors (Lipinski definition) is 8. The Morgan fingerprint density at radius 1 is 1.14 bits per heavy atom. The van der Waals surface area contributed by atoms with Crippen LogP contribution in [0.5, 0.6) is 11.5 Å². The van der Waals surface area contributed by atoms with E-state index in [9.17, 15) is 31.7 Å². The van der Waals surface area contributed by atoms with Gasteiger partial charge in [0.2, 0.25) is 16.3 Å². The van der Waals surface area contributed by atoms with Gasteiger partial charge in [0.1, 0.15) is 16.4 Å². The third-order valence-electron chi connectivity index (χ3n) is 4.75. The molecule has 3 aromatic rings. The summed E-state index contributed by atoms with van der Waals surface area (Å²) in [5.41, 5.74) is -0.348. The number of nitrogens with zero attached hydrogens (tertiary/aromatic N) is 3. The fourth-order valence-corrected chi connectivity index (χ4v) is 4.23. The number of anilines is 1. The van der Waals surface area contributed by atoms with Crippen molar-refractivity contribution < 1.29 is 36.0 Å². The second-order valence-corrected chi connectivity index (χ2v) is 8.70. The summed E-state index contributed by atoms with van der Waals surface area (Å²) in [7, 11) is -1.53. The maximum absolute atomic E-state index is 13.3. The smallest absolute Gasteiger partial charge is 0.287 e. The maximum Gasteiger partial charge on any atom is 0.287 e. The van der Waals surface area contributed by atoms with Gasteiger partial charge in [-0.2, -0.15) is 5.10 Å². The van der Waals surface area contributed by atoms with Crippen LogP contribution in [-0.2, 0) is 16.6 Å². The lowest BCUT2D eigenvalue weighted by atomic mass is 10.2. The van der Waals surface area contributed by atoms with E-state index in [1.54, 1.807) is 18.2 Å². The highest BCUT2D eigenvalue weighted by atomic mass is 32.2. The van der Waals surface area contributed by atoms with E-state index in [0.29, 0.717) is 17.1 Å². The summed E-state index contributed by atoms with van der Waals surface area (Å²) in [6.45, 7) is -0.235. The van der Waals surface area contributed by atoms with Crippen molar-refractivity contribution in [1.82, 2.24) is 14.5 Å². The molecule has 0 bridgehead atoms. The van der Waals surface area contributed by atoms with Crippen LogP contribution in [0.4, 0.5) is 24.5 Å². The van der Waals surface area contributed by atoms with Crippen LogP contribution in [0.25, 0.3) is 5.69 Å². The summed E-state index contributed by atoms with van der Waals surface area (Å²) < 4.78 is 78.2. The second kappa shape index (κ2) is 10.6. The number of nitro benzene ring substituents is 1. The van der Waals surface area contributed by atoms with E-state index in [1.165, 1.54) is 14.2 Å². The zero-order valence-electron chi connectivity index (χ0n) is 18.3. The zero-order chi connectivity index (χ0) is 25.8. The monoisotopic (exact) mass is 515 g/mol. The Labute approximate surface area is 197 Å². The largest absolute Gasteiger partial charge is 0.497 e. The van der Waals surface area contributed by atoms with Crippen LogP contribution in [0.15, 0.2) is 53.7 Å². The molecule has 1 unspecified atom stereocenters. The molecule has 0 saturated carbocycles. The van der Waals surface area contributed by atoms with Crippen molar-refractivity contribution in [2.75, 3.05) is 19.5 Å². The number of rotatable bonds is 11. The van der Waals surface area contributed by atoms with Crippen LogP contribution in [0.3, 0.4) is 0 Å². The molecule has 2 N–H and O–H groups in total. The molecule has 0 spiro atoms. The lowest BCUT2D eigenvalue weighted by molar-refractivity contribution is -0.385. The van der Waals surface area contributed by atoms with E-state index in [1.807, 2.05) is 5.32 Å². The van der Waals surface area contributed by atoms with Crippen molar-refractivity contribution in [2.24, 2.45) is 0 Å². The minimum atomic E-state index is -4.38. The molecule has 0 radical (unpaired) electrons. The molecule has 3 rings (SSSR count). The maximum atomic E-state index is 13.3. The van der Waals surface area contributed by atoms with Crippen molar-refractivity contribution in [1.29, 1.82) is 0 Å². The molecule has 0 aliphatic heterocycles. The van der Waals surface area contributed by atoms with Crippen molar-refractivity contribution in [2.45, 2.75) is 24.2 Å². The molecule has 35 heavy (non-hydrogen) atoms. The number of nitrogens with one attached hydrogen (secondary N) is 2. The van der Waals surface area contributed by atoms with Gasteiger partial charge in [-0.05, 0) is 12.1 Å². The molecular formula is C20H20F3N5O6S. The topological polar surface area (TPSA) is 138 Å². The van der Waals surface area contributed by atoms with Gasteiger partial charge in [-0.15, -0.1) is 0 Å². The van der Waals surface area contributed by atoms with E-state index < -0.39 is 38.3 Å². The number of alkyl halides is 3. The van der Waals surface area contributed by atoms with Gasteiger partial charge in [-0.1, -0.05) is 6.07 Å². The van der Waals surface area contributed by atoms with E-state index in [4.69, 9.17) is 9.47 Å². The average Bonchev–Trinajstić information content (AvgIpc) is 3.30. The molecule has 0 saturated heterocycles. The van der Waals surface area contributed by atoms with Gasteiger partial charge in [0.15, 0.2) is 0 Å². The van der Waals surface area contributed by atoms with Gasteiger partial charge >= 0.3 is 0 Å². The third-order valence-corrected chi connectivity index (χ3v) is 6.18. The summed E-state index contributed by atoms with van der Waals surface area (Å²) in [6.07, 6.45) is -3.90. The third kappa shape index (κ3) is 5.99. The molecule has 1 aromatic heterocycles. The predicted molar refractivity (Wildman–Crippen MR) is 118 cm³/mol. The van der Waals surface area contributed by atoms with E-state index >= 15 is 0 Å². The van der Waals surface area contributed by atoms with Crippen LogP contribution >= 0.6 is 0 Å². The second-order valence-electron chi connectivity index (χ2n) is 6.97. The molecule has 0 fully saturated rings. The Morgan fingerprint density at radius 3 is 2.51 bits per heavy atom. The molecule has 11 nitrogen and oxygen atoms in total. The van der Waals surface area contributed by atoms with E-state index in [2.05, 4.69) is 9.82 Å². The van der Waals surface area contributed by atoms with Gasteiger partial charge in [0, 0.05) is 30.3 Å². The highest BCUT2D eigenvalue weighted by Gasteiger charge is 2.25. The first-order valence-corrected chi connectivity index (χ1v) is 11.3. The predicted octanol–water partition coefficient (Wildman–Crippen LogP) is 3.25. The molecule has 1 atom stereocenters.